The molecule has 0 spiro atoms. The van der Waals surface area contributed by atoms with Crippen LogP contribution < -0.4 is 0 Å². The number of imidazole rings is 1. The van der Waals surface area contributed by atoms with Gasteiger partial charge in [-0.15, -0.1) is 0 Å². The number of nitrogens with zero attached hydrogens (tertiary/aromatic N) is 6. The second-order valence-electron chi connectivity index (χ2n) is 7.07. The van der Waals surface area contributed by atoms with Gasteiger partial charge < -0.3 is 9.09 Å². The third kappa shape index (κ3) is 3.54. The number of aromatic nitrogens is 5. The largest absolute Gasteiger partial charge is 0.361 e. The maximum absolute atomic E-state index is 6.54. The van der Waals surface area contributed by atoms with Gasteiger partial charge in [-0.05, 0) is 32.2 Å². The average Bonchev–Trinajstić information content (AvgIpc) is 3.34. The fourth-order valence-electron chi connectivity index (χ4n) is 3.73. The van der Waals surface area contributed by atoms with Crippen molar-refractivity contribution in [2.45, 2.75) is 32.9 Å². The molecule has 1 fully saturated rings. The zero-order chi connectivity index (χ0) is 18.1. The molecule has 1 atom stereocenters. The van der Waals surface area contributed by atoms with Gasteiger partial charge in [0.2, 0.25) is 0 Å². The molecule has 0 aromatic carbocycles. The number of hydrogen-bond acceptors (Lipinski definition) is 5. The minimum absolute atomic E-state index is 0.617. The maximum atomic E-state index is 6.54. The molecule has 3 aromatic rings. The first-order valence-electron chi connectivity index (χ1n) is 8.93. The van der Waals surface area contributed by atoms with E-state index in [1.807, 2.05) is 38.8 Å². The van der Waals surface area contributed by atoms with Gasteiger partial charge >= 0.3 is 0 Å². The number of rotatable bonds is 5. The lowest BCUT2D eigenvalue weighted by atomic mass is 9.97. The summed E-state index contributed by atoms with van der Waals surface area (Å²) in [5, 5.41) is 9.35. The summed E-state index contributed by atoms with van der Waals surface area (Å²) in [6.45, 7) is 5.77. The van der Waals surface area contributed by atoms with E-state index in [0.717, 1.165) is 48.9 Å². The summed E-state index contributed by atoms with van der Waals surface area (Å²) in [5.74, 6) is 1.39. The van der Waals surface area contributed by atoms with E-state index in [-0.39, 0.29) is 0 Å². The summed E-state index contributed by atoms with van der Waals surface area (Å²) in [7, 11) is 1.86. The van der Waals surface area contributed by atoms with Gasteiger partial charge in [0.15, 0.2) is 0 Å². The Morgan fingerprint density at radius 3 is 3.00 bits per heavy atom. The molecule has 1 unspecified atom stereocenters. The first kappa shape index (κ1) is 17.3. The zero-order valence-corrected chi connectivity index (χ0v) is 15.9. The highest BCUT2D eigenvalue weighted by atomic mass is 35.5. The highest BCUT2D eigenvalue weighted by molar-refractivity contribution is 6.30. The van der Waals surface area contributed by atoms with E-state index in [0.29, 0.717) is 11.1 Å². The summed E-state index contributed by atoms with van der Waals surface area (Å²) >= 11 is 6.54. The number of piperidine rings is 1. The van der Waals surface area contributed by atoms with E-state index in [9.17, 15) is 0 Å². The van der Waals surface area contributed by atoms with Gasteiger partial charge in [0.1, 0.15) is 22.3 Å². The van der Waals surface area contributed by atoms with Crippen LogP contribution in [0.2, 0.25) is 5.15 Å². The highest BCUT2D eigenvalue weighted by Crippen LogP contribution is 2.30. The van der Waals surface area contributed by atoms with Gasteiger partial charge in [0, 0.05) is 50.7 Å². The molecule has 8 heteroatoms. The van der Waals surface area contributed by atoms with Crippen LogP contribution in [0.25, 0.3) is 11.4 Å². The zero-order valence-electron chi connectivity index (χ0n) is 15.1. The van der Waals surface area contributed by atoms with Gasteiger partial charge in [-0.1, -0.05) is 16.8 Å². The lowest BCUT2D eigenvalue weighted by Crippen LogP contribution is -2.36. The van der Waals surface area contributed by atoms with Crippen LogP contribution in [0.5, 0.6) is 0 Å². The molecule has 1 aliphatic heterocycles. The molecule has 0 bridgehead atoms. The Labute approximate surface area is 157 Å². The molecule has 0 aliphatic carbocycles. The first-order valence-corrected chi connectivity index (χ1v) is 9.31. The second kappa shape index (κ2) is 7.25. The van der Waals surface area contributed by atoms with Crippen molar-refractivity contribution in [1.29, 1.82) is 0 Å². The van der Waals surface area contributed by atoms with Crippen LogP contribution in [-0.4, -0.2) is 42.5 Å². The molecule has 1 aliphatic rings. The fraction of sp³-hybridized carbons (Fsp3) is 0.500. The molecular weight excluding hydrogens is 352 g/mol. The van der Waals surface area contributed by atoms with Gasteiger partial charge in [-0.25, -0.2) is 4.98 Å². The Kier molecular flexibility index (Phi) is 4.82. The Morgan fingerprint density at radius 2 is 2.27 bits per heavy atom. The SMILES string of the molecule is Cc1cc(-c2nn(C)c(Cl)c2CN2CCCC(Cn3ccnc3)C2)no1. The second-order valence-corrected chi connectivity index (χ2v) is 7.43. The number of halogens is 1. The maximum Gasteiger partial charge on any atom is 0.134 e. The lowest BCUT2D eigenvalue weighted by Gasteiger charge is -2.32. The molecule has 138 valence electrons. The highest BCUT2D eigenvalue weighted by Gasteiger charge is 2.25. The first-order chi connectivity index (χ1) is 12.6. The fourth-order valence-corrected chi connectivity index (χ4v) is 3.92. The van der Waals surface area contributed by atoms with Gasteiger partial charge in [-0.2, -0.15) is 5.10 Å². The Balaban J connectivity index is 1.51. The van der Waals surface area contributed by atoms with E-state index in [2.05, 4.69) is 24.7 Å². The van der Waals surface area contributed by atoms with E-state index in [4.69, 9.17) is 16.1 Å². The number of aryl methyl sites for hydroxylation is 2. The quantitative estimate of drug-likeness (QED) is 0.686. The molecule has 3 aromatic heterocycles. The summed E-state index contributed by atoms with van der Waals surface area (Å²) in [4.78, 5) is 6.60. The molecule has 0 amide bonds. The molecule has 1 saturated heterocycles. The van der Waals surface area contributed by atoms with Crippen molar-refractivity contribution < 1.29 is 4.52 Å². The Bertz CT molecular complexity index is 869. The van der Waals surface area contributed by atoms with Crippen LogP contribution >= 0.6 is 11.6 Å². The third-order valence-electron chi connectivity index (χ3n) is 4.95. The van der Waals surface area contributed by atoms with E-state index < -0.39 is 0 Å². The summed E-state index contributed by atoms with van der Waals surface area (Å²) in [6.07, 6.45) is 8.19. The van der Waals surface area contributed by atoms with Crippen LogP contribution in [0.15, 0.2) is 29.3 Å². The smallest absolute Gasteiger partial charge is 0.134 e. The van der Waals surface area contributed by atoms with Crippen molar-refractivity contribution in [2.24, 2.45) is 13.0 Å². The normalized spacial score (nSPS) is 18.5. The van der Waals surface area contributed by atoms with E-state index >= 15 is 0 Å². The summed E-state index contributed by atoms with van der Waals surface area (Å²) < 4.78 is 9.10. The summed E-state index contributed by atoms with van der Waals surface area (Å²) in [5.41, 5.74) is 2.57. The minimum Gasteiger partial charge on any atom is -0.361 e. The standard InChI is InChI=1S/C18H23ClN6O/c1-13-8-16(22-26-13)17-15(18(19)23(2)21-17)11-24-6-3-4-14(9-24)10-25-7-5-20-12-25/h5,7-8,12,14H,3-4,6,9-11H2,1-2H3. The van der Waals surface area contributed by atoms with Crippen molar-refractivity contribution >= 4 is 11.6 Å². The van der Waals surface area contributed by atoms with E-state index in [1.165, 1.54) is 12.8 Å². The topological polar surface area (TPSA) is 64.9 Å². The van der Waals surface area contributed by atoms with Gasteiger partial charge in [0.05, 0.1) is 6.33 Å². The van der Waals surface area contributed by atoms with Crippen molar-refractivity contribution in [3.05, 3.63) is 41.3 Å². The van der Waals surface area contributed by atoms with E-state index in [1.54, 1.807) is 4.68 Å². The van der Waals surface area contributed by atoms with Crippen LogP contribution in [0.1, 0.15) is 24.2 Å². The monoisotopic (exact) mass is 374 g/mol. The van der Waals surface area contributed by atoms with Crippen molar-refractivity contribution in [3.63, 3.8) is 0 Å². The molecule has 4 heterocycles. The summed E-state index contributed by atoms with van der Waals surface area (Å²) in [6, 6.07) is 1.90. The molecule has 0 saturated carbocycles. The average molecular weight is 375 g/mol. The van der Waals surface area contributed by atoms with Crippen LogP contribution in [0.3, 0.4) is 0 Å². The lowest BCUT2D eigenvalue weighted by molar-refractivity contribution is 0.156. The van der Waals surface area contributed by atoms with Crippen LogP contribution in [0, 0.1) is 12.8 Å². The third-order valence-corrected chi connectivity index (χ3v) is 5.43. The predicted molar refractivity (Wildman–Crippen MR) is 98.7 cm³/mol. The molecule has 0 radical (unpaired) electrons. The minimum atomic E-state index is 0.617. The van der Waals surface area contributed by atoms with Crippen LogP contribution in [-0.2, 0) is 20.1 Å². The van der Waals surface area contributed by atoms with Crippen LogP contribution in [0.4, 0.5) is 0 Å². The predicted octanol–water partition coefficient (Wildman–Crippen LogP) is 3.15. The molecule has 7 nitrogen and oxygen atoms in total. The molecule has 4 rings (SSSR count). The van der Waals surface area contributed by atoms with Crippen molar-refractivity contribution in [2.75, 3.05) is 13.1 Å². The Morgan fingerprint density at radius 1 is 1.38 bits per heavy atom. The van der Waals surface area contributed by atoms with Gasteiger partial charge in [0.25, 0.3) is 0 Å². The molecule has 0 N–H and O–H groups in total. The Hall–Kier alpha value is -2.12. The van der Waals surface area contributed by atoms with Gasteiger partial charge in [-0.3, -0.25) is 9.58 Å². The van der Waals surface area contributed by atoms with Crippen molar-refractivity contribution in [3.8, 4) is 11.4 Å². The number of likely N-dealkylation sites (tertiary alicyclic amines) is 1. The molecule has 26 heavy (non-hydrogen) atoms. The molecular formula is C18H23ClN6O. The number of hydrogen-bond donors (Lipinski definition) is 0. The van der Waals surface area contributed by atoms with Crippen molar-refractivity contribution in [1.82, 2.24) is 29.4 Å².